The molecule has 6 nitrogen and oxygen atoms in total. The van der Waals surface area contributed by atoms with Gasteiger partial charge in [-0.15, -0.1) is 0 Å². The second-order valence-corrected chi connectivity index (χ2v) is 4.49. The third kappa shape index (κ3) is 1.98. The monoisotopic (exact) mass is 251 g/mol. The Balaban J connectivity index is 2.25. The molecule has 1 fully saturated rings. The third-order valence-corrected chi connectivity index (χ3v) is 3.08. The quantitative estimate of drug-likeness (QED) is 0.829. The van der Waals surface area contributed by atoms with E-state index in [0.29, 0.717) is 23.6 Å². The number of nitrogens with one attached hydrogen (secondary N) is 1. The molecule has 2 rings (SSSR count). The van der Waals surface area contributed by atoms with E-state index < -0.39 is 12.1 Å². The minimum absolute atomic E-state index is 0.220. The van der Waals surface area contributed by atoms with Crippen LogP contribution in [0.3, 0.4) is 0 Å². The van der Waals surface area contributed by atoms with E-state index in [2.05, 4.69) is 10.5 Å². The Hall–Kier alpha value is -1.85. The number of hydrogen-bond acceptors (Lipinski definition) is 4. The molecule has 98 valence electrons. The van der Waals surface area contributed by atoms with Crippen molar-refractivity contribution in [2.24, 2.45) is 0 Å². The van der Waals surface area contributed by atoms with E-state index in [1.54, 1.807) is 13.8 Å². The van der Waals surface area contributed by atoms with Gasteiger partial charge >= 0.3 is 6.03 Å². The van der Waals surface area contributed by atoms with Crippen molar-refractivity contribution < 1.29 is 14.1 Å². The molecule has 1 unspecified atom stereocenters. The lowest BCUT2D eigenvalue weighted by Crippen LogP contribution is -2.32. The lowest BCUT2D eigenvalue weighted by atomic mass is 10.1. The molecule has 0 saturated carbocycles. The molecular weight excluding hydrogens is 234 g/mol. The molecule has 0 aromatic carbocycles. The van der Waals surface area contributed by atoms with Crippen LogP contribution in [0, 0.1) is 13.8 Å². The molecule has 0 bridgehead atoms. The zero-order valence-electron chi connectivity index (χ0n) is 10.8. The molecule has 1 aliphatic heterocycles. The van der Waals surface area contributed by atoms with Crippen LogP contribution in [0.5, 0.6) is 0 Å². The SMILES string of the molecule is CCCCC1NC(=O)N(c2c(C)noc2C)C1=O. The van der Waals surface area contributed by atoms with Crippen molar-refractivity contribution in [1.29, 1.82) is 0 Å². The predicted molar refractivity (Wildman–Crippen MR) is 65.3 cm³/mol. The predicted octanol–water partition coefficient (Wildman–Crippen LogP) is 1.91. The molecule has 2 heterocycles. The van der Waals surface area contributed by atoms with Crippen molar-refractivity contribution in [1.82, 2.24) is 10.5 Å². The van der Waals surface area contributed by atoms with Gasteiger partial charge in [-0.1, -0.05) is 24.9 Å². The first-order valence-corrected chi connectivity index (χ1v) is 6.13. The van der Waals surface area contributed by atoms with Gasteiger partial charge in [0.25, 0.3) is 5.91 Å². The van der Waals surface area contributed by atoms with Gasteiger partial charge < -0.3 is 9.84 Å². The Morgan fingerprint density at radius 2 is 2.11 bits per heavy atom. The van der Waals surface area contributed by atoms with Crippen LogP contribution in [0.4, 0.5) is 10.5 Å². The topological polar surface area (TPSA) is 75.4 Å². The molecule has 1 saturated heterocycles. The van der Waals surface area contributed by atoms with E-state index in [-0.39, 0.29) is 5.91 Å². The fraction of sp³-hybridized carbons (Fsp3) is 0.583. The summed E-state index contributed by atoms with van der Waals surface area (Å²) >= 11 is 0. The van der Waals surface area contributed by atoms with Crippen molar-refractivity contribution in [2.75, 3.05) is 4.90 Å². The highest BCUT2D eigenvalue weighted by atomic mass is 16.5. The first-order chi connectivity index (χ1) is 8.56. The average molecular weight is 251 g/mol. The molecule has 1 N–H and O–H groups in total. The molecule has 1 atom stereocenters. The van der Waals surface area contributed by atoms with Gasteiger partial charge in [-0.25, -0.2) is 9.69 Å². The van der Waals surface area contributed by atoms with Crippen molar-refractivity contribution >= 4 is 17.6 Å². The van der Waals surface area contributed by atoms with E-state index in [1.807, 2.05) is 6.92 Å². The van der Waals surface area contributed by atoms with Gasteiger partial charge in [0.2, 0.25) is 0 Å². The van der Waals surface area contributed by atoms with Gasteiger partial charge in [0.15, 0.2) is 5.76 Å². The van der Waals surface area contributed by atoms with E-state index >= 15 is 0 Å². The largest absolute Gasteiger partial charge is 0.359 e. The Morgan fingerprint density at radius 1 is 1.39 bits per heavy atom. The lowest BCUT2D eigenvalue weighted by molar-refractivity contribution is -0.118. The van der Waals surface area contributed by atoms with Crippen LogP contribution < -0.4 is 10.2 Å². The molecule has 3 amide bonds. The standard InChI is InChI=1S/C12H17N3O3/c1-4-5-6-9-11(16)15(12(17)13-9)10-7(2)14-18-8(10)3/h9H,4-6H2,1-3H3,(H,13,17). The van der Waals surface area contributed by atoms with Gasteiger partial charge in [0.05, 0.1) is 0 Å². The summed E-state index contributed by atoms with van der Waals surface area (Å²) in [6.07, 6.45) is 2.57. The number of hydrogen-bond donors (Lipinski definition) is 1. The summed E-state index contributed by atoms with van der Waals surface area (Å²) < 4.78 is 5.00. The van der Waals surface area contributed by atoms with Gasteiger partial charge in [-0.05, 0) is 20.3 Å². The summed E-state index contributed by atoms with van der Waals surface area (Å²) in [6, 6.07) is -0.818. The number of carbonyl (C=O) groups excluding carboxylic acids is 2. The number of urea groups is 1. The van der Waals surface area contributed by atoms with Crippen LogP contribution in [0.15, 0.2) is 4.52 Å². The summed E-state index contributed by atoms with van der Waals surface area (Å²) in [5.41, 5.74) is 1.02. The minimum atomic E-state index is -0.425. The summed E-state index contributed by atoms with van der Waals surface area (Å²) in [5, 5.41) is 6.47. The minimum Gasteiger partial charge on any atom is -0.359 e. The first-order valence-electron chi connectivity index (χ1n) is 6.13. The van der Waals surface area contributed by atoms with Crippen LogP contribution >= 0.6 is 0 Å². The summed E-state index contributed by atoms with van der Waals surface area (Å²) in [5.74, 6) is 0.259. The zero-order chi connectivity index (χ0) is 13.3. The number of amides is 3. The maximum atomic E-state index is 12.2. The molecule has 6 heteroatoms. The van der Waals surface area contributed by atoms with Crippen LogP contribution in [0.1, 0.15) is 37.6 Å². The van der Waals surface area contributed by atoms with Crippen LogP contribution in [-0.2, 0) is 4.79 Å². The lowest BCUT2D eigenvalue weighted by Gasteiger charge is -2.11. The van der Waals surface area contributed by atoms with Crippen molar-refractivity contribution in [3.63, 3.8) is 0 Å². The third-order valence-electron chi connectivity index (χ3n) is 3.08. The van der Waals surface area contributed by atoms with E-state index in [9.17, 15) is 9.59 Å². The van der Waals surface area contributed by atoms with Crippen LogP contribution in [0.25, 0.3) is 0 Å². The molecular formula is C12H17N3O3. The van der Waals surface area contributed by atoms with E-state index in [1.165, 1.54) is 0 Å². The van der Waals surface area contributed by atoms with Gasteiger partial charge in [0.1, 0.15) is 17.4 Å². The Bertz CT molecular complexity index is 461. The molecule has 0 radical (unpaired) electrons. The zero-order valence-corrected chi connectivity index (χ0v) is 10.8. The highest BCUT2D eigenvalue weighted by molar-refractivity contribution is 6.21. The molecule has 18 heavy (non-hydrogen) atoms. The summed E-state index contributed by atoms with van der Waals surface area (Å²) in [7, 11) is 0. The highest BCUT2D eigenvalue weighted by Gasteiger charge is 2.41. The van der Waals surface area contributed by atoms with Gasteiger partial charge in [-0.3, -0.25) is 4.79 Å². The van der Waals surface area contributed by atoms with Gasteiger partial charge in [0, 0.05) is 0 Å². The fourth-order valence-electron chi connectivity index (χ4n) is 2.14. The number of rotatable bonds is 4. The smallest absolute Gasteiger partial charge is 0.329 e. The van der Waals surface area contributed by atoms with E-state index in [4.69, 9.17) is 4.52 Å². The first kappa shape index (κ1) is 12.6. The highest BCUT2D eigenvalue weighted by Crippen LogP contribution is 2.28. The normalized spacial score (nSPS) is 19.5. The van der Waals surface area contributed by atoms with Crippen molar-refractivity contribution in [3.8, 4) is 0 Å². The second-order valence-electron chi connectivity index (χ2n) is 4.49. The number of nitrogens with zero attached hydrogens (tertiary/aromatic N) is 2. The number of anilines is 1. The molecule has 1 aromatic heterocycles. The maximum Gasteiger partial charge on any atom is 0.329 e. The number of aromatic nitrogens is 1. The van der Waals surface area contributed by atoms with E-state index in [0.717, 1.165) is 17.7 Å². The summed E-state index contributed by atoms with van der Waals surface area (Å²) in [6.45, 7) is 5.45. The average Bonchev–Trinajstić information content (AvgIpc) is 2.79. The number of carbonyl (C=O) groups is 2. The molecule has 0 aliphatic carbocycles. The van der Waals surface area contributed by atoms with Crippen LogP contribution in [0.2, 0.25) is 0 Å². The number of aryl methyl sites for hydroxylation is 2. The number of unbranched alkanes of at least 4 members (excludes halogenated alkanes) is 1. The number of imide groups is 1. The molecule has 0 spiro atoms. The molecule has 1 aromatic rings. The second kappa shape index (κ2) is 4.80. The van der Waals surface area contributed by atoms with Crippen molar-refractivity contribution in [2.45, 2.75) is 46.1 Å². The Morgan fingerprint density at radius 3 is 2.67 bits per heavy atom. The summed E-state index contributed by atoms with van der Waals surface area (Å²) in [4.78, 5) is 25.2. The fourth-order valence-corrected chi connectivity index (χ4v) is 2.14. The maximum absolute atomic E-state index is 12.2. The van der Waals surface area contributed by atoms with Crippen molar-refractivity contribution in [3.05, 3.63) is 11.5 Å². The molecule has 1 aliphatic rings. The Labute approximate surface area is 105 Å². The van der Waals surface area contributed by atoms with Crippen LogP contribution in [-0.4, -0.2) is 23.1 Å². The van der Waals surface area contributed by atoms with Gasteiger partial charge in [-0.2, -0.15) is 0 Å². The Kier molecular flexibility index (Phi) is 3.36.